The number of nitrogens with zero attached hydrogens (tertiary/aromatic N) is 1. The summed E-state index contributed by atoms with van der Waals surface area (Å²) in [6.45, 7) is 8.20. The van der Waals surface area contributed by atoms with Crippen LogP contribution in [0, 0.1) is 0 Å². The van der Waals surface area contributed by atoms with E-state index in [0.717, 1.165) is 24.1 Å². The molecule has 0 aliphatic carbocycles. The van der Waals surface area contributed by atoms with Gasteiger partial charge < -0.3 is 15.0 Å². The van der Waals surface area contributed by atoms with Crippen molar-refractivity contribution in [3.63, 3.8) is 0 Å². The standard InChI is InChI=1S/C10H19IN2O2/c1-10(2,3)15-9(14)13-6-8(7-13)12-5-4-11/h8,12H,4-7H2,1-3H3. The number of halogens is 1. The average molecular weight is 326 g/mol. The summed E-state index contributed by atoms with van der Waals surface area (Å²) in [5, 5.41) is 3.36. The summed E-state index contributed by atoms with van der Waals surface area (Å²) in [5.74, 6) is 0. The minimum atomic E-state index is -0.391. The molecule has 5 heteroatoms. The largest absolute Gasteiger partial charge is 0.444 e. The Morgan fingerprint density at radius 2 is 2.13 bits per heavy atom. The third-order valence-electron chi connectivity index (χ3n) is 2.06. The van der Waals surface area contributed by atoms with Crippen LogP contribution < -0.4 is 5.32 Å². The first kappa shape index (κ1) is 13.0. The molecule has 88 valence electrons. The first-order valence-corrected chi connectivity index (χ1v) is 6.72. The van der Waals surface area contributed by atoms with Gasteiger partial charge in [-0.2, -0.15) is 0 Å². The van der Waals surface area contributed by atoms with E-state index < -0.39 is 5.60 Å². The second-order valence-corrected chi connectivity index (χ2v) is 5.80. The van der Waals surface area contributed by atoms with Crippen molar-refractivity contribution >= 4 is 28.7 Å². The summed E-state index contributed by atoms with van der Waals surface area (Å²) in [6, 6.07) is 0.451. The quantitative estimate of drug-likeness (QED) is 0.633. The number of ether oxygens (including phenoxy) is 1. The number of rotatable bonds is 3. The Hall–Kier alpha value is -0.0400. The summed E-state index contributed by atoms with van der Waals surface area (Å²) in [6.07, 6.45) is -0.199. The Kier molecular flexibility index (Phi) is 4.64. The summed E-state index contributed by atoms with van der Waals surface area (Å²) in [4.78, 5) is 13.3. The van der Waals surface area contributed by atoms with Crippen molar-refractivity contribution in [1.29, 1.82) is 0 Å². The predicted octanol–water partition coefficient (Wildman–Crippen LogP) is 1.63. The molecule has 4 nitrogen and oxygen atoms in total. The maximum Gasteiger partial charge on any atom is 0.410 e. The molecule has 0 saturated carbocycles. The second kappa shape index (κ2) is 5.34. The van der Waals surface area contributed by atoms with Gasteiger partial charge in [0.2, 0.25) is 0 Å². The molecule has 0 unspecified atom stereocenters. The van der Waals surface area contributed by atoms with E-state index in [2.05, 4.69) is 27.9 Å². The zero-order chi connectivity index (χ0) is 11.5. The van der Waals surface area contributed by atoms with Gasteiger partial charge in [0, 0.05) is 30.1 Å². The minimum absolute atomic E-state index is 0.199. The molecule has 1 amide bonds. The molecule has 0 radical (unpaired) electrons. The fourth-order valence-corrected chi connectivity index (χ4v) is 1.65. The van der Waals surface area contributed by atoms with Crippen molar-refractivity contribution in [3.8, 4) is 0 Å². The van der Waals surface area contributed by atoms with Gasteiger partial charge in [-0.3, -0.25) is 0 Å². The van der Waals surface area contributed by atoms with Crippen molar-refractivity contribution < 1.29 is 9.53 Å². The maximum atomic E-state index is 11.5. The molecule has 0 aromatic rings. The van der Waals surface area contributed by atoms with Crippen molar-refractivity contribution in [2.24, 2.45) is 0 Å². The van der Waals surface area contributed by atoms with Crippen molar-refractivity contribution in [3.05, 3.63) is 0 Å². The summed E-state index contributed by atoms with van der Waals surface area (Å²) < 4.78 is 6.35. The van der Waals surface area contributed by atoms with Gasteiger partial charge in [-0.1, -0.05) is 22.6 Å². The van der Waals surface area contributed by atoms with Crippen molar-refractivity contribution in [2.75, 3.05) is 24.1 Å². The maximum absolute atomic E-state index is 11.5. The lowest BCUT2D eigenvalue weighted by molar-refractivity contribution is 0.00558. The van der Waals surface area contributed by atoms with Gasteiger partial charge in [0.15, 0.2) is 0 Å². The molecular formula is C10H19IN2O2. The fourth-order valence-electron chi connectivity index (χ4n) is 1.34. The highest BCUT2D eigenvalue weighted by Gasteiger charge is 2.32. The Morgan fingerprint density at radius 1 is 1.53 bits per heavy atom. The highest BCUT2D eigenvalue weighted by Crippen LogP contribution is 2.14. The van der Waals surface area contributed by atoms with E-state index in [1.54, 1.807) is 4.90 Å². The van der Waals surface area contributed by atoms with Crippen LogP contribution in [-0.4, -0.2) is 46.7 Å². The lowest BCUT2D eigenvalue weighted by atomic mass is 10.1. The van der Waals surface area contributed by atoms with Crippen LogP contribution in [0.1, 0.15) is 20.8 Å². The molecule has 1 rings (SSSR count). The topological polar surface area (TPSA) is 41.6 Å². The van der Waals surface area contributed by atoms with Crippen LogP contribution in [-0.2, 0) is 4.74 Å². The van der Waals surface area contributed by atoms with Crippen LogP contribution in [0.2, 0.25) is 0 Å². The molecular weight excluding hydrogens is 307 g/mol. The zero-order valence-electron chi connectivity index (χ0n) is 9.55. The second-order valence-electron chi connectivity index (χ2n) is 4.73. The third kappa shape index (κ3) is 4.55. The van der Waals surface area contributed by atoms with Crippen LogP contribution in [0.15, 0.2) is 0 Å². The lowest BCUT2D eigenvalue weighted by Crippen LogP contribution is -2.60. The Balaban J connectivity index is 2.18. The molecule has 1 saturated heterocycles. The van der Waals surface area contributed by atoms with E-state index >= 15 is 0 Å². The molecule has 1 N–H and O–H groups in total. The minimum Gasteiger partial charge on any atom is -0.444 e. The molecule has 0 bridgehead atoms. The van der Waals surface area contributed by atoms with E-state index in [4.69, 9.17) is 4.74 Å². The summed E-state index contributed by atoms with van der Waals surface area (Å²) in [5.41, 5.74) is -0.391. The fraction of sp³-hybridized carbons (Fsp3) is 0.900. The van der Waals surface area contributed by atoms with Gasteiger partial charge >= 0.3 is 6.09 Å². The highest BCUT2D eigenvalue weighted by atomic mass is 127. The van der Waals surface area contributed by atoms with Crippen molar-refractivity contribution in [2.45, 2.75) is 32.4 Å². The third-order valence-corrected chi connectivity index (χ3v) is 2.60. The smallest absolute Gasteiger partial charge is 0.410 e. The Labute approximate surface area is 105 Å². The van der Waals surface area contributed by atoms with Gasteiger partial charge in [0.25, 0.3) is 0 Å². The van der Waals surface area contributed by atoms with E-state index in [9.17, 15) is 4.79 Å². The number of amides is 1. The molecule has 1 heterocycles. The Morgan fingerprint density at radius 3 is 2.60 bits per heavy atom. The predicted molar refractivity (Wildman–Crippen MR) is 68.5 cm³/mol. The number of carbonyl (C=O) groups is 1. The molecule has 1 fully saturated rings. The summed E-state index contributed by atoms with van der Waals surface area (Å²) >= 11 is 2.33. The molecule has 1 aliphatic rings. The normalized spacial score (nSPS) is 17.5. The zero-order valence-corrected chi connectivity index (χ0v) is 11.7. The summed E-state index contributed by atoms with van der Waals surface area (Å²) in [7, 11) is 0. The van der Waals surface area contributed by atoms with E-state index in [1.807, 2.05) is 20.8 Å². The van der Waals surface area contributed by atoms with E-state index in [-0.39, 0.29) is 6.09 Å². The SMILES string of the molecule is CC(C)(C)OC(=O)N1CC(NCCI)C1. The van der Waals surface area contributed by atoms with Crippen LogP contribution in [0.4, 0.5) is 4.79 Å². The number of hydrogen-bond donors (Lipinski definition) is 1. The van der Waals surface area contributed by atoms with Crippen LogP contribution in [0.5, 0.6) is 0 Å². The monoisotopic (exact) mass is 326 g/mol. The van der Waals surface area contributed by atoms with Gasteiger partial charge in [0.05, 0.1) is 0 Å². The highest BCUT2D eigenvalue weighted by molar-refractivity contribution is 14.1. The number of likely N-dealkylation sites (tertiary alicyclic amines) is 1. The number of carbonyl (C=O) groups excluding carboxylic acids is 1. The lowest BCUT2D eigenvalue weighted by Gasteiger charge is -2.40. The number of nitrogens with one attached hydrogen (secondary N) is 1. The van der Waals surface area contributed by atoms with Gasteiger partial charge in [-0.25, -0.2) is 4.79 Å². The van der Waals surface area contributed by atoms with E-state index in [1.165, 1.54) is 0 Å². The van der Waals surface area contributed by atoms with Crippen molar-refractivity contribution in [1.82, 2.24) is 10.2 Å². The molecule has 0 spiro atoms. The van der Waals surface area contributed by atoms with Gasteiger partial charge in [0.1, 0.15) is 5.60 Å². The number of hydrogen-bond acceptors (Lipinski definition) is 3. The first-order valence-electron chi connectivity index (χ1n) is 5.19. The van der Waals surface area contributed by atoms with Gasteiger partial charge in [-0.15, -0.1) is 0 Å². The number of alkyl halides is 1. The average Bonchev–Trinajstić information content (AvgIpc) is 1.98. The molecule has 15 heavy (non-hydrogen) atoms. The van der Waals surface area contributed by atoms with Crippen LogP contribution in [0.25, 0.3) is 0 Å². The van der Waals surface area contributed by atoms with E-state index in [0.29, 0.717) is 6.04 Å². The molecule has 0 aromatic carbocycles. The molecule has 1 aliphatic heterocycles. The van der Waals surface area contributed by atoms with Crippen LogP contribution >= 0.6 is 22.6 Å². The van der Waals surface area contributed by atoms with Gasteiger partial charge in [-0.05, 0) is 20.8 Å². The molecule has 0 atom stereocenters. The van der Waals surface area contributed by atoms with Crippen LogP contribution in [0.3, 0.4) is 0 Å². The Bertz CT molecular complexity index is 222. The first-order chi connectivity index (χ1) is 6.92. The molecule has 0 aromatic heterocycles.